The van der Waals surface area contributed by atoms with Gasteiger partial charge in [-0.1, -0.05) is 30.3 Å². The fourth-order valence-electron chi connectivity index (χ4n) is 2.34. The Kier molecular flexibility index (Phi) is 3.60. The predicted molar refractivity (Wildman–Crippen MR) is 75.2 cm³/mol. The summed E-state index contributed by atoms with van der Waals surface area (Å²) >= 11 is 0. The molecule has 2 aliphatic heterocycles. The molecule has 0 unspecified atom stereocenters. The van der Waals surface area contributed by atoms with E-state index in [-0.39, 0.29) is 5.75 Å². The lowest BCUT2D eigenvalue weighted by Crippen LogP contribution is -2.55. The zero-order valence-electron chi connectivity index (χ0n) is 11.0. The number of hydrogen-bond donors (Lipinski definition) is 1. The third-order valence-corrected chi connectivity index (χ3v) is 4.83. The monoisotopic (exact) mass is 295 g/mol. The van der Waals surface area contributed by atoms with Gasteiger partial charge in [0.2, 0.25) is 0 Å². The highest BCUT2D eigenvalue weighted by Gasteiger charge is 2.34. The molecule has 0 aliphatic carbocycles. The zero-order chi connectivity index (χ0) is 14.0. The van der Waals surface area contributed by atoms with Gasteiger partial charge in [0.25, 0.3) is 10.0 Å². The molecule has 1 aromatic rings. The molecule has 1 saturated heterocycles. The molecular formula is C12H17N5O2S. The highest BCUT2D eigenvalue weighted by Crippen LogP contribution is 2.18. The third kappa shape index (κ3) is 2.62. The van der Waals surface area contributed by atoms with Gasteiger partial charge in [0.15, 0.2) is 0 Å². The molecule has 1 fully saturated rings. The van der Waals surface area contributed by atoms with E-state index in [1.807, 2.05) is 23.2 Å². The van der Waals surface area contributed by atoms with Gasteiger partial charge in [0, 0.05) is 13.1 Å². The van der Waals surface area contributed by atoms with Crippen LogP contribution < -0.4 is 5.53 Å². The van der Waals surface area contributed by atoms with Crippen LogP contribution in [-0.2, 0) is 15.8 Å². The molecule has 1 N–H and O–H groups in total. The van der Waals surface area contributed by atoms with Crippen LogP contribution in [0.4, 0.5) is 0 Å². The molecule has 8 heteroatoms. The summed E-state index contributed by atoms with van der Waals surface area (Å²) in [5.41, 5.74) is 3.47. The van der Waals surface area contributed by atoms with Gasteiger partial charge in [-0.2, -0.15) is 4.41 Å². The number of nitrogens with zero attached hydrogens (tertiary/aromatic N) is 4. The van der Waals surface area contributed by atoms with E-state index in [9.17, 15) is 8.42 Å². The Balaban J connectivity index is 1.77. The van der Waals surface area contributed by atoms with Crippen LogP contribution in [0.3, 0.4) is 0 Å². The summed E-state index contributed by atoms with van der Waals surface area (Å²) in [4.78, 5) is 0. The van der Waals surface area contributed by atoms with Gasteiger partial charge in [-0.3, -0.25) is 0 Å². The summed E-state index contributed by atoms with van der Waals surface area (Å²) in [5.74, 6) is -0.0497. The average molecular weight is 295 g/mol. The van der Waals surface area contributed by atoms with E-state index >= 15 is 0 Å². The molecular weight excluding hydrogens is 278 g/mol. The summed E-state index contributed by atoms with van der Waals surface area (Å²) in [7, 11) is -3.49. The minimum Gasteiger partial charge on any atom is -0.205 e. The summed E-state index contributed by atoms with van der Waals surface area (Å²) < 4.78 is 26.2. The summed E-state index contributed by atoms with van der Waals surface area (Å²) in [6, 6.07) is 9.14. The van der Waals surface area contributed by atoms with E-state index in [4.69, 9.17) is 0 Å². The SMILES string of the molecule is O=S(=O)(Cc1ccccc1)N1C=NNN1N1CCCC1. The van der Waals surface area contributed by atoms with Gasteiger partial charge in [-0.15, -0.1) is 5.10 Å². The van der Waals surface area contributed by atoms with E-state index in [2.05, 4.69) is 10.6 Å². The first-order valence-electron chi connectivity index (χ1n) is 6.56. The average Bonchev–Trinajstić information content (AvgIpc) is 3.10. The van der Waals surface area contributed by atoms with Crippen molar-refractivity contribution in [2.24, 2.45) is 5.10 Å². The molecule has 3 rings (SSSR count). The van der Waals surface area contributed by atoms with Crippen LogP contribution >= 0.6 is 0 Å². The van der Waals surface area contributed by atoms with Crippen LogP contribution in [-0.4, -0.2) is 42.5 Å². The molecule has 20 heavy (non-hydrogen) atoms. The lowest BCUT2D eigenvalue weighted by Gasteiger charge is -2.32. The van der Waals surface area contributed by atoms with Crippen LogP contribution in [0.25, 0.3) is 0 Å². The fraction of sp³-hybridized carbons (Fsp3) is 0.417. The first-order chi connectivity index (χ1) is 9.67. The van der Waals surface area contributed by atoms with Crippen molar-refractivity contribution < 1.29 is 8.42 Å². The Labute approximate surface area is 118 Å². The Hall–Kier alpha value is -1.64. The van der Waals surface area contributed by atoms with Gasteiger partial charge in [0.1, 0.15) is 6.34 Å². The van der Waals surface area contributed by atoms with Crippen LogP contribution in [0, 0.1) is 0 Å². The molecule has 0 aromatic heterocycles. The highest BCUT2D eigenvalue weighted by molar-refractivity contribution is 7.88. The molecule has 1 aromatic carbocycles. The van der Waals surface area contributed by atoms with E-state index in [1.54, 1.807) is 12.1 Å². The van der Waals surface area contributed by atoms with E-state index in [1.165, 1.54) is 16.0 Å². The first kappa shape index (κ1) is 13.3. The van der Waals surface area contributed by atoms with Crippen molar-refractivity contribution in [3.05, 3.63) is 35.9 Å². The fourth-order valence-corrected chi connectivity index (χ4v) is 3.65. The molecule has 108 valence electrons. The minimum absolute atomic E-state index is 0.0497. The summed E-state index contributed by atoms with van der Waals surface area (Å²) in [6.45, 7) is 1.65. The molecule has 0 amide bonds. The quantitative estimate of drug-likeness (QED) is 0.876. The minimum atomic E-state index is -3.49. The lowest BCUT2D eigenvalue weighted by atomic mass is 10.2. The Morgan fingerprint density at radius 3 is 2.55 bits per heavy atom. The zero-order valence-corrected chi connectivity index (χ0v) is 11.8. The van der Waals surface area contributed by atoms with Crippen LogP contribution in [0.2, 0.25) is 0 Å². The van der Waals surface area contributed by atoms with Crippen molar-refractivity contribution >= 4 is 16.4 Å². The number of nitrogens with one attached hydrogen (secondary N) is 1. The summed E-state index contributed by atoms with van der Waals surface area (Å²) in [6.07, 6.45) is 3.42. The number of hydrazine groups is 3. The molecule has 0 radical (unpaired) electrons. The first-order valence-corrected chi connectivity index (χ1v) is 8.17. The lowest BCUT2D eigenvalue weighted by molar-refractivity contribution is -0.121. The van der Waals surface area contributed by atoms with E-state index in [0.29, 0.717) is 0 Å². The number of rotatable bonds is 4. The second-order valence-electron chi connectivity index (χ2n) is 4.81. The van der Waals surface area contributed by atoms with Crippen LogP contribution in [0.1, 0.15) is 18.4 Å². The highest BCUT2D eigenvalue weighted by atomic mass is 32.2. The Morgan fingerprint density at radius 1 is 1.15 bits per heavy atom. The number of benzene rings is 1. The van der Waals surface area contributed by atoms with Gasteiger partial charge in [0.05, 0.1) is 5.75 Å². The standard InChI is InChI=1S/C12H17N5O2S/c18-20(19,10-12-6-2-1-3-7-12)16-11-13-14-17(16)15-8-4-5-9-15/h1-3,6-7,11,14H,4-5,8-10H2. The molecule has 0 bridgehead atoms. The second kappa shape index (κ2) is 5.39. The third-order valence-electron chi connectivity index (χ3n) is 3.32. The molecule has 0 spiro atoms. The molecule has 7 nitrogen and oxygen atoms in total. The molecule has 0 saturated carbocycles. The van der Waals surface area contributed by atoms with E-state index in [0.717, 1.165) is 31.5 Å². The van der Waals surface area contributed by atoms with Gasteiger partial charge >= 0.3 is 0 Å². The van der Waals surface area contributed by atoms with Crippen molar-refractivity contribution in [1.82, 2.24) is 20.2 Å². The van der Waals surface area contributed by atoms with Gasteiger partial charge in [-0.05, 0) is 23.6 Å². The predicted octanol–water partition coefficient (Wildman–Crippen LogP) is 0.508. The maximum absolute atomic E-state index is 12.5. The molecule has 2 heterocycles. The maximum atomic E-state index is 12.5. The van der Waals surface area contributed by atoms with Crippen molar-refractivity contribution in [3.63, 3.8) is 0 Å². The van der Waals surface area contributed by atoms with Crippen molar-refractivity contribution in [2.75, 3.05) is 13.1 Å². The summed E-state index contributed by atoms with van der Waals surface area (Å²) in [5, 5.41) is 7.27. The number of sulfonamides is 1. The topological polar surface area (TPSA) is 68.2 Å². The van der Waals surface area contributed by atoms with Crippen molar-refractivity contribution in [2.45, 2.75) is 18.6 Å². The number of hydrogen-bond acceptors (Lipinski definition) is 6. The smallest absolute Gasteiger partial charge is 0.205 e. The second-order valence-corrected chi connectivity index (χ2v) is 6.64. The largest absolute Gasteiger partial charge is 0.256 e. The molecule has 2 aliphatic rings. The van der Waals surface area contributed by atoms with Crippen molar-refractivity contribution in [1.29, 1.82) is 0 Å². The van der Waals surface area contributed by atoms with Crippen LogP contribution in [0.5, 0.6) is 0 Å². The molecule has 0 atom stereocenters. The Morgan fingerprint density at radius 2 is 1.85 bits per heavy atom. The maximum Gasteiger partial charge on any atom is 0.256 e. The van der Waals surface area contributed by atoms with Gasteiger partial charge in [-0.25, -0.2) is 19.0 Å². The van der Waals surface area contributed by atoms with Crippen molar-refractivity contribution in [3.8, 4) is 0 Å². The Bertz CT molecular complexity index is 583. The van der Waals surface area contributed by atoms with Crippen LogP contribution in [0.15, 0.2) is 35.4 Å². The number of hydrazone groups is 1. The normalized spacial score (nSPS) is 20.5. The van der Waals surface area contributed by atoms with E-state index < -0.39 is 10.0 Å². The van der Waals surface area contributed by atoms with Gasteiger partial charge < -0.3 is 0 Å².